The highest BCUT2D eigenvalue weighted by Gasteiger charge is 2.34. The molecule has 19 heavy (non-hydrogen) atoms. The number of amides is 1. The number of aliphatic hydroxyl groups is 1. The molecule has 2 N–H and O–H groups in total. The van der Waals surface area contributed by atoms with E-state index in [-0.39, 0.29) is 25.1 Å². The fourth-order valence-corrected chi connectivity index (χ4v) is 3.14. The van der Waals surface area contributed by atoms with Crippen molar-refractivity contribution in [3.63, 3.8) is 0 Å². The van der Waals surface area contributed by atoms with Gasteiger partial charge in [-0.15, -0.1) is 0 Å². The van der Waals surface area contributed by atoms with E-state index in [0.29, 0.717) is 12.8 Å². The normalized spacial score (nSPS) is 25.3. The molecule has 1 aliphatic rings. The summed E-state index contributed by atoms with van der Waals surface area (Å²) in [6, 6.07) is 0. The lowest BCUT2D eigenvalue weighted by molar-refractivity contribution is 0.0515. The molecule has 2 unspecified atom stereocenters. The Bertz CT molecular complexity index is 409. The highest BCUT2D eigenvalue weighted by Crippen LogP contribution is 2.21. The molecule has 1 amide bonds. The number of piperidine rings is 1. The fourth-order valence-electron chi connectivity index (χ4n) is 2.01. The molecule has 0 saturated carbocycles. The number of carbonyl (C=O) groups excluding carboxylic acids is 1. The van der Waals surface area contributed by atoms with Crippen molar-refractivity contribution in [1.29, 1.82) is 0 Å². The van der Waals surface area contributed by atoms with Gasteiger partial charge in [-0.3, -0.25) is 0 Å². The van der Waals surface area contributed by atoms with Gasteiger partial charge in [0.2, 0.25) is 0 Å². The topological polar surface area (TPSA) is 95.9 Å². The predicted octanol–water partition coefficient (Wildman–Crippen LogP) is 0.459. The summed E-state index contributed by atoms with van der Waals surface area (Å²) in [6.45, 7) is 5.57. The summed E-state index contributed by atoms with van der Waals surface area (Å²) in [7, 11) is -3.90. The molecule has 0 radical (unpaired) electrons. The Morgan fingerprint density at radius 1 is 1.53 bits per heavy atom. The molecule has 8 heteroatoms. The lowest BCUT2D eigenvalue weighted by Gasteiger charge is -2.34. The number of nitrogens with one attached hydrogen (secondary N) is 1. The SMILES string of the molecule is CCC1CN(S(=O)(=O)NC(=O)OC(C)C)CCC1O. The van der Waals surface area contributed by atoms with E-state index in [4.69, 9.17) is 4.74 Å². The maximum atomic E-state index is 12.0. The molecule has 1 heterocycles. The van der Waals surface area contributed by atoms with Crippen molar-refractivity contribution in [2.75, 3.05) is 13.1 Å². The first-order chi connectivity index (χ1) is 8.76. The second-order valence-corrected chi connectivity index (χ2v) is 6.61. The van der Waals surface area contributed by atoms with Crippen LogP contribution in [-0.4, -0.2) is 49.2 Å². The molecule has 1 saturated heterocycles. The number of aliphatic hydroxyl groups excluding tert-OH is 1. The zero-order valence-corrected chi connectivity index (χ0v) is 12.3. The molecule has 112 valence electrons. The van der Waals surface area contributed by atoms with Crippen LogP contribution in [0.15, 0.2) is 0 Å². The second-order valence-electron chi connectivity index (χ2n) is 4.94. The average Bonchev–Trinajstić information content (AvgIpc) is 2.27. The van der Waals surface area contributed by atoms with E-state index < -0.39 is 22.4 Å². The van der Waals surface area contributed by atoms with Crippen LogP contribution >= 0.6 is 0 Å². The standard InChI is InChI=1S/C11H22N2O5S/c1-4-9-7-13(6-5-10(9)14)19(16,17)12-11(15)18-8(2)3/h8-10,14H,4-7H2,1-3H3,(H,12,15). The van der Waals surface area contributed by atoms with Crippen LogP contribution < -0.4 is 4.72 Å². The van der Waals surface area contributed by atoms with Crippen LogP contribution in [-0.2, 0) is 14.9 Å². The van der Waals surface area contributed by atoms with Gasteiger partial charge < -0.3 is 9.84 Å². The van der Waals surface area contributed by atoms with Crippen LogP contribution in [0.5, 0.6) is 0 Å². The number of ether oxygens (including phenoxy) is 1. The summed E-state index contributed by atoms with van der Waals surface area (Å²) in [4.78, 5) is 11.3. The summed E-state index contributed by atoms with van der Waals surface area (Å²) in [5.74, 6) is -0.105. The molecule has 2 atom stereocenters. The quantitative estimate of drug-likeness (QED) is 0.785. The highest BCUT2D eigenvalue weighted by molar-refractivity contribution is 7.87. The molecule has 0 aromatic carbocycles. The third-order valence-electron chi connectivity index (χ3n) is 3.08. The van der Waals surface area contributed by atoms with Crippen LogP contribution in [0, 0.1) is 5.92 Å². The lowest BCUT2D eigenvalue weighted by Crippen LogP contribution is -2.51. The Labute approximate surface area is 114 Å². The molecule has 1 aliphatic heterocycles. The van der Waals surface area contributed by atoms with Crippen molar-refractivity contribution in [3.05, 3.63) is 0 Å². The summed E-state index contributed by atoms with van der Waals surface area (Å²) in [6.07, 6.45) is -0.794. The van der Waals surface area contributed by atoms with E-state index in [1.54, 1.807) is 13.8 Å². The van der Waals surface area contributed by atoms with Gasteiger partial charge in [0, 0.05) is 13.1 Å². The molecule has 0 spiro atoms. The van der Waals surface area contributed by atoms with Gasteiger partial charge in [-0.2, -0.15) is 12.7 Å². The molecule has 0 aromatic heterocycles. The highest BCUT2D eigenvalue weighted by atomic mass is 32.2. The van der Waals surface area contributed by atoms with Crippen molar-refractivity contribution in [2.24, 2.45) is 5.92 Å². The third-order valence-corrected chi connectivity index (χ3v) is 4.51. The Balaban J connectivity index is 2.65. The smallest absolute Gasteiger partial charge is 0.422 e. The van der Waals surface area contributed by atoms with E-state index in [2.05, 4.69) is 0 Å². The molecular weight excluding hydrogens is 272 g/mol. The third kappa shape index (κ3) is 4.63. The zero-order chi connectivity index (χ0) is 14.6. The summed E-state index contributed by atoms with van der Waals surface area (Å²) in [5.41, 5.74) is 0. The Morgan fingerprint density at radius 2 is 2.16 bits per heavy atom. The fraction of sp³-hybridized carbons (Fsp3) is 0.909. The van der Waals surface area contributed by atoms with Crippen molar-refractivity contribution < 1.29 is 23.1 Å². The van der Waals surface area contributed by atoms with E-state index in [1.807, 2.05) is 11.6 Å². The average molecular weight is 294 g/mol. The maximum Gasteiger partial charge on any atom is 0.422 e. The summed E-state index contributed by atoms with van der Waals surface area (Å²) in [5, 5.41) is 9.72. The van der Waals surface area contributed by atoms with Gasteiger partial charge in [-0.05, 0) is 32.6 Å². The molecule has 0 aromatic rings. The van der Waals surface area contributed by atoms with Crippen LogP contribution in [0.4, 0.5) is 4.79 Å². The number of hydrogen-bond donors (Lipinski definition) is 2. The Morgan fingerprint density at radius 3 is 2.68 bits per heavy atom. The van der Waals surface area contributed by atoms with Gasteiger partial charge in [0.25, 0.3) is 0 Å². The van der Waals surface area contributed by atoms with Crippen molar-refractivity contribution in [1.82, 2.24) is 9.03 Å². The van der Waals surface area contributed by atoms with Crippen LogP contribution in [0.1, 0.15) is 33.6 Å². The largest absolute Gasteiger partial charge is 0.446 e. The Kier molecular flexibility index (Phi) is 5.57. The van der Waals surface area contributed by atoms with Gasteiger partial charge in [-0.25, -0.2) is 9.52 Å². The van der Waals surface area contributed by atoms with E-state index >= 15 is 0 Å². The van der Waals surface area contributed by atoms with Gasteiger partial charge in [-0.1, -0.05) is 6.92 Å². The van der Waals surface area contributed by atoms with Gasteiger partial charge >= 0.3 is 16.3 Å². The first kappa shape index (κ1) is 16.2. The molecule has 7 nitrogen and oxygen atoms in total. The minimum atomic E-state index is -3.90. The van der Waals surface area contributed by atoms with E-state index in [9.17, 15) is 18.3 Å². The Hall–Kier alpha value is -0.860. The molecule has 1 fully saturated rings. The number of carbonyl (C=O) groups is 1. The van der Waals surface area contributed by atoms with Gasteiger partial charge in [0.05, 0.1) is 12.2 Å². The van der Waals surface area contributed by atoms with Crippen LogP contribution in [0.25, 0.3) is 0 Å². The maximum absolute atomic E-state index is 12.0. The minimum Gasteiger partial charge on any atom is -0.446 e. The molecule has 1 rings (SSSR count). The van der Waals surface area contributed by atoms with Crippen molar-refractivity contribution >= 4 is 16.3 Å². The molecule has 0 aliphatic carbocycles. The molecule has 0 bridgehead atoms. The first-order valence-electron chi connectivity index (χ1n) is 6.42. The second kappa shape index (κ2) is 6.53. The van der Waals surface area contributed by atoms with E-state index in [0.717, 1.165) is 0 Å². The van der Waals surface area contributed by atoms with Crippen LogP contribution in [0.3, 0.4) is 0 Å². The zero-order valence-electron chi connectivity index (χ0n) is 11.5. The van der Waals surface area contributed by atoms with E-state index in [1.165, 1.54) is 4.31 Å². The lowest BCUT2D eigenvalue weighted by atomic mass is 9.94. The van der Waals surface area contributed by atoms with Gasteiger partial charge in [0.1, 0.15) is 0 Å². The summed E-state index contributed by atoms with van der Waals surface area (Å²) >= 11 is 0. The number of rotatable bonds is 4. The first-order valence-corrected chi connectivity index (χ1v) is 7.86. The van der Waals surface area contributed by atoms with Crippen LogP contribution in [0.2, 0.25) is 0 Å². The van der Waals surface area contributed by atoms with Crippen molar-refractivity contribution in [3.8, 4) is 0 Å². The summed E-state index contributed by atoms with van der Waals surface area (Å²) < 4.78 is 31.8. The molecular formula is C11H22N2O5S. The van der Waals surface area contributed by atoms with Crippen molar-refractivity contribution in [2.45, 2.75) is 45.8 Å². The minimum absolute atomic E-state index is 0.105. The number of nitrogens with zero attached hydrogens (tertiary/aromatic N) is 1. The number of hydrogen-bond acceptors (Lipinski definition) is 5. The predicted molar refractivity (Wildman–Crippen MR) is 69.7 cm³/mol. The monoisotopic (exact) mass is 294 g/mol. The van der Waals surface area contributed by atoms with Gasteiger partial charge in [0.15, 0.2) is 0 Å².